The lowest BCUT2D eigenvalue weighted by molar-refractivity contribution is -0.131. The Morgan fingerprint density at radius 3 is 2.50 bits per heavy atom. The van der Waals surface area contributed by atoms with Crippen molar-refractivity contribution in [3.8, 4) is 0 Å². The second-order valence-electron chi connectivity index (χ2n) is 4.09. The molecule has 6 N–H and O–H groups in total. The highest BCUT2D eigenvalue weighted by atomic mass is 16.2. The highest BCUT2D eigenvalue weighted by molar-refractivity contribution is 5.81. The Kier molecular flexibility index (Phi) is 5.04. The fourth-order valence-corrected chi connectivity index (χ4v) is 1.81. The zero-order valence-corrected chi connectivity index (χ0v) is 9.56. The molecule has 1 atom stereocenters. The molecule has 1 fully saturated rings. The van der Waals surface area contributed by atoms with Crippen LogP contribution in [0.1, 0.15) is 25.7 Å². The predicted octanol–water partition coefficient (Wildman–Crippen LogP) is -1.01. The van der Waals surface area contributed by atoms with Crippen molar-refractivity contribution >= 4 is 11.9 Å². The molecule has 1 aliphatic rings. The first-order chi connectivity index (χ1) is 7.61. The number of carbonyl (C=O) groups excluding carboxylic acids is 1. The van der Waals surface area contributed by atoms with E-state index in [4.69, 9.17) is 17.2 Å². The summed E-state index contributed by atoms with van der Waals surface area (Å²) in [4.78, 5) is 17.5. The van der Waals surface area contributed by atoms with E-state index in [0.29, 0.717) is 13.0 Å². The van der Waals surface area contributed by atoms with E-state index in [1.807, 2.05) is 4.90 Å². The fourth-order valence-electron chi connectivity index (χ4n) is 1.81. The van der Waals surface area contributed by atoms with Gasteiger partial charge in [-0.1, -0.05) is 0 Å². The van der Waals surface area contributed by atoms with Crippen LogP contribution in [0.15, 0.2) is 4.99 Å². The van der Waals surface area contributed by atoms with Crippen LogP contribution in [0.2, 0.25) is 0 Å². The lowest BCUT2D eigenvalue weighted by Crippen LogP contribution is -2.42. The van der Waals surface area contributed by atoms with Gasteiger partial charge in [0.25, 0.3) is 0 Å². The van der Waals surface area contributed by atoms with Gasteiger partial charge in [0, 0.05) is 19.6 Å². The second-order valence-corrected chi connectivity index (χ2v) is 4.09. The molecule has 1 saturated heterocycles. The van der Waals surface area contributed by atoms with Gasteiger partial charge in [-0.15, -0.1) is 0 Å². The number of nitrogens with zero attached hydrogens (tertiary/aromatic N) is 2. The number of aliphatic imine (C=N–C) groups is 1. The Hall–Kier alpha value is -1.30. The van der Waals surface area contributed by atoms with Crippen molar-refractivity contribution in [2.24, 2.45) is 22.2 Å². The molecule has 0 bridgehead atoms. The van der Waals surface area contributed by atoms with Crippen LogP contribution in [0.25, 0.3) is 0 Å². The molecular formula is C10H21N5O. The van der Waals surface area contributed by atoms with Crippen molar-refractivity contribution in [2.45, 2.75) is 31.7 Å². The summed E-state index contributed by atoms with van der Waals surface area (Å²) in [6.45, 7) is 2.23. The molecular weight excluding hydrogens is 206 g/mol. The standard InChI is InChI=1S/C10H21N5O/c11-8(4-3-5-14-10(12)13)9(16)15-6-1-2-7-15/h8H,1-7,11H2,(H4,12,13,14). The third-order valence-corrected chi connectivity index (χ3v) is 2.70. The minimum absolute atomic E-state index is 0.0576. The number of hydrogen-bond donors (Lipinski definition) is 3. The first kappa shape index (κ1) is 12.8. The number of rotatable bonds is 5. The first-order valence-corrected chi connectivity index (χ1v) is 5.71. The van der Waals surface area contributed by atoms with Crippen LogP contribution in [0.4, 0.5) is 0 Å². The van der Waals surface area contributed by atoms with E-state index < -0.39 is 6.04 Å². The van der Waals surface area contributed by atoms with Gasteiger partial charge in [-0.25, -0.2) is 0 Å². The summed E-state index contributed by atoms with van der Waals surface area (Å²) >= 11 is 0. The third kappa shape index (κ3) is 4.06. The van der Waals surface area contributed by atoms with Crippen molar-refractivity contribution in [1.29, 1.82) is 0 Å². The summed E-state index contributed by atoms with van der Waals surface area (Å²) in [6, 6.07) is -0.410. The van der Waals surface area contributed by atoms with Crippen LogP contribution in [-0.4, -0.2) is 42.4 Å². The fraction of sp³-hybridized carbons (Fsp3) is 0.800. The van der Waals surface area contributed by atoms with E-state index in [9.17, 15) is 4.79 Å². The zero-order chi connectivity index (χ0) is 12.0. The van der Waals surface area contributed by atoms with Gasteiger partial charge in [0.1, 0.15) is 0 Å². The summed E-state index contributed by atoms with van der Waals surface area (Å²) in [5.74, 6) is 0.140. The molecule has 0 aromatic carbocycles. The third-order valence-electron chi connectivity index (χ3n) is 2.70. The van der Waals surface area contributed by atoms with Gasteiger partial charge >= 0.3 is 0 Å². The molecule has 1 rings (SSSR count). The highest BCUT2D eigenvalue weighted by Crippen LogP contribution is 2.10. The van der Waals surface area contributed by atoms with E-state index in [1.165, 1.54) is 0 Å². The molecule has 16 heavy (non-hydrogen) atoms. The van der Waals surface area contributed by atoms with Gasteiger partial charge in [-0.3, -0.25) is 9.79 Å². The normalized spacial score (nSPS) is 17.2. The van der Waals surface area contributed by atoms with Crippen LogP contribution in [-0.2, 0) is 4.79 Å². The molecule has 0 radical (unpaired) electrons. The molecule has 1 unspecified atom stereocenters. The minimum Gasteiger partial charge on any atom is -0.370 e. The molecule has 0 saturated carbocycles. The van der Waals surface area contributed by atoms with Crippen LogP contribution in [0.3, 0.4) is 0 Å². The lowest BCUT2D eigenvalue weighted by Gasteiger charge is -2.19. The van der Waals surface area contributed by atoms with E-state index in [2.05, 4.69) is 4.99 Å². The maximum atomic E-state index is 11.8. The number of nitrogens with two attached hydrogens (primary N) is 3. The van der Waals surface area contributed by atoms with Crippen LogP contribution < -0.4 is 17.2 Å². The average Bonchev–Trinajstić information content (AvgIpc) is 2.76. The molecule has 6 nitrogen and oxygen atoms in total. The van der Waals surface area contributed by atoms with E-state index in [0.717, 1.165) is 32.4 Å². The van der Waals surface area contributed by atoms with E-state index >= 15 is 0 Å². The van der Waals surface area contributed by atoms with Crippen molar-refractivity contribution in [2.75, 3.05) is 19.6 Å². The van der Waals surface area contributed by atoms with Gasteiger partial charge in [0.2, 0.25) is 5.91 Å². The maximum absolute atomic E-state index is 11.8. The number of carbonyl (C=O) groups is 1. The molecule has 1 heterocycles. The molecule has 0 aromatic heterocycles. The molecule has 0 aliphatic carbocycles. The summed E-state index contributed by atoms with van der Waals surface area (Å²) in [6.07, 6.45) is 3.55. The van der Waals surface area contributed by atoms with Crippen molar-refractivity contribution < 1.29 is 4.79 Å². The number of likely N-dealkylation sites (tertiary alicyclic amines) is 1. The van der Waals surface area contributed by atoms with Gasteiger partial charge in [0.05, 0.1) is 6.04 Å². The topological polar surface area (TPSA) is 111 Å². The van der Waals surface area contributed by atoms with Gasteiger partial charge in [-0.05, 0) is 25.7 Å². The average molecular weight is 227 g/mol. The SMILES string of the molecule is NC(N)=NCCCC(N)C(=O)N1CCCC1. The Morgan fingerprint density at radius 2 is 1.94 bits per heavy atom. The molecule has 6 heteroatoms. The largest absolute Gasteiger partial charge is 0.370 e. The van der Waals surface area contributed by atoms with E-state index in [1.54, 1.807) is 0 Å². The van der Waals surface area contributed by atoms with E-state index in [-0.39, 0.29) is 11.9 Å². The highest BCUT2D eigenvalue weighted by Gasteiger charge is 2.22. The summed E-state index contributed by atoms with van der Waals surface area (Å²) < 4.78 is 0. The van der Waals surface area contributed by atoms with Crippen LogP contribution in [0.5, 0.6) is 0 Å². The summed E-state index contributed by atoms with van der Waals surface area (Å²) in [5, 5.41) is 0. The first-order valence-electron chi connectivity index (χ1n) is 5.71. The van der Waals surface area contributed by atoms with Gasteiger partial charge in [0.15, 0.2) is 5.96 Å². The number of guanidine groups is 1. The number of amides is 1. The lowest BCUT2D eigenvalue weighted by atomic mass is 10.1. The number of hydrogen-bond acceptors (Lipinski definition) is 3. The van der Waals surface area contributed by atoms with Gasteiger partial charge in [-0.2, -0.15) is 0 Å². The zero-order valence-electron chi connectivity index (χ0n) is 9.56. The monoisotopic (exact) mass is 227 g/mol. The van der Waals surface area contributed by atoms with Crippen molar-refractivity contribution in [1.82, 2.24) is 4.90 Å². The molecule has 1 amide bonds. The second kappa shape index (κ2) is 6.32. The molecule has 0 aromatic rings. The Bertz CT molecular complexity index is 256. The quantitative estimate of drug-likeness (QED) is 0.317. The predicted molar refractivity (Wildman–Crippen MR) is 63.7 cm³/mol. The van der Waals surface area contributed by atoms with Crippen LogP contribution in [0, 0.1) is 0 Å². The Labute approximate surface area is 95.9 Å². The molecule has 92 valence electrons. The smallest absolute Gasteiger partial charge is 0.239 e. The van der Waals surface area contributed by atoms with Crippen molar-refractivity contribution in [3.63, 3.8) is 0 Å². The molecule has 1 aliphatic heterocycles. The summed E-state index contributed by atoms with van der Waals surface area (Å²) in [7, 11) is 0. The minimum atomic E-state index is -0.410. The Morgan fingerprint density at radius 1 is 1.31 bits per heavy atom. The van der Waals surface area contributed by atoms with Gasteiger partial charge < -0.3 is 22.1 Å². The van der Waals surface area contributed by atoms with Crippen LogP contribution >= 0.6 is 0 Å². The Balaban J connectivity index is 2.21. The summed E-state index contributed by atoms with van der Waals surface area (Å²) in [5.41, 5.74) is 16.2. The molecule has 0 spiro atoms. The van der Waals surface area contributed by atoms with Crippen molar-refractivity contribution in [3.05, 3.63) is 0 Å². The maximum Gasteiger partial charge on any atom is 0.239 e.